The summed E-state index contributed by atoms with van der Waals surface area (Å²) in [5, 5.41) is 9.57. The van der Waals surface area contributed by atoms with Crippen LogP contribution in [0.1, 0.15) is 12.5 Å². The third-order valence-corrected chi connectivity index (χ3v) is 2.25. The van der Waals surface area contributed by atoms with Gasteiger partial charge in [-0.05, 0) is 18.6 Å². The average molecular weight is 217 g/mol. The molecule has 2 aromatic rings. The van der Waals surface area contributed by atoms with E-state index < -0.39 is 0 Å². The Labute approximate surface area is 91.8 Å². The summed E-state index contributed by atoms with van der Waals surface area (Å²) >= 11 is 0. The van der Waals surface area contributed by atoms with E-state index in [9.17, 15) is 9.90 Å². The Bertz CT molecular complexity index is 549. The number of H-pyrrole nitrogens is 1. The summed E-state index contributed by atoms with van der Waals surface area (Å²) in [5.74, 6) is 0.0483. The lowest BCUT2D eigenvalue weighted by molar-refractivity contribution is 0.444. The Morgan fingerprint density at radius 3 is 2.81 bits per heavy atom. The van der Waals surface area contributed by atoms with Gasteiger partial charge in [-0.1, -0.05) is 13.0 Å². The van der Waals surface area contributed by atoms with E-state index in [2.05, 4.69) is 15.0 Å². The molecule has 2 heterocycles. The number of aromatic hydroxyl groups is 1. The third-order valence-electron chi connectivity index (χ3n) is 2.25. The topological polar surface area (TPSA) is 78.9 Å². The summed E-state index contributed by atoms with van der Waals surface area (Å²) in [7, 11) is 0. The van der Waals surface area contributed by atoms with Gasteiger partial charge in [0.15, 0.2) is 5.82 Å². The smallest absolute Gasteiger partial charge is 0.258 e. The molecule has 0 amide bonds. The van der Waals surface area contributed by atoms with Crippen LogP contribution in [0.3, 0.4) is 0 Å². The maximum atomic E-state index is 11.6. The van der Waals surface area contributed by atoms with Gasteiger partial charge in [0, 0.05) is 6.20 Å². The van der Waals surface area contributed by atoms with Crippen molar-refractivity contribution in [3.05, 3.63) is 40.3 Å². The van der Waals surface area contributed by atoms with Crippen molar-refractivity contribution in [2.24, 2.45) is 0 Å². The molecule has 0 bridgehead atoms. The molecule has 0 aliphatic carbocycles. The van der Waals surface area contributed by atoms with Crippen molar-refractivity contribution in [2.75, 3.05) is 0 Å². The summed E-state index contributed by atoms with van der Waals surface area (Å²) in [6.45, 7) is 1.78. The van der Waals surface area contributed by atoms with Crippen LogP contribution in [0.2, 0.25) is 0 Å². The standard InChI is InChI=1S/C11H11N3O2/c1-2-7-10(15)13-9(14-11(7)16)8-5-3-4-6-12-8/h3-6H,2H2,1H3,(H2,13,14,15,16). The first-order valence-electron chi connectivity index (χ1n) is 4.96. The fourth-order valence-corrected chi connectivity index (χ4v) is 1.43. The van der Waals surface area contributed by atoms with Crippen molar-refractivity contribution in [1.29, 1.82) is 0 Å². The average Bonchev–Trinajstić information content (AvgIpc) is 2.30. The van der Waals surface area contributed by atoms with Crippen LogP contribution in [0.25, 0.3) is 11.5 Å². The number of aromatic nitrogens is 3. The molecule has 0 aliphatic heterocycles. The molecule has 0 aromatic carbocycles. The van der Waals surface area contributed by atoms with Gasteiger partial charge in [-0.25, -0.2) is 0 Å². The van der Waals surface area contributed by atoms with E-state index in [0.29, 0.717) is 17.7 Å². The predicted octanol–water partition coefficient (Wildman–Crippen LogP) is 1.10. The van der Waals surface area contributed by atoms with Gasteiger partial charge in [0.05, 0.1) is 5.56 Å². The third kappa shape index (κ3) is 1.79. The molecule has 0 fully saturated rings. The predicted molar refractivity (Wildman–Crippen MR) is 59.1 cm³/mol. The van der Waals surface area contributed by atoms with Crippen LogP contribution in [-0.4, -0.2) is 20.1 Å². The molecular weight excluding hydrogens is 206 g/mol. The van der Waals surface area contributed by atoms with Gasteiger partial charge in [-0.15, -0.1) is 0 Å². The fraction of sp³-hybridized carbons (Fsp3) is 0.182. The monoisotopic (exact) mass is 217 g/mol. The van der Waals surface area contributed by atoms with Crippen molar-refractivity contribution in [1.82, 2.24) is 15.0 Å². The van der Waals surface area contributed by atoms with Crippen LogP contribution >= 0.6 is 0 Å². The van der Waals surface area contributed by atoms with E-state index in [1.165, 1.54) is 0 Å². The van der Waals surface area contributed by atoms with E-state index in [-0.39, 0.29) is 17.3 Å². The first-order chi connectivity index (χ1) is 7.72. The number of hydrogen-bond donors (Lipinski definition) is 2. The number of aromatic amines is 1. The summed E-state index contributed by atoms with van der Waals surface area (Å²) < 4.78 is 0. The second kappa shape index (κ2) is 4.14. The van der Waals surface area contributed by atoms with Gasteiger partial charge in [0.2, 0.25) is 5.88 Å². The van der Waals surface area contributed by atoms with E-state index >= 15 is 0 Å². The maximum absolute atomic E-state index is 11.6. The summed E-state index contributed by atoms with van der Waals surface area (Å²) in [6.07, 6.45) is 2.04. The lowest BCUT2D eigenvalue weighted by Gasteiger charge is -2.03. The zero-order valence-electron chi connectivity index (χ0n) is 8.77. The molecule has 0 saturated carbocycles. The summed E-state index contributed by atoms with van der Waals surface area (Å²) in [6, 6.07) is 5.26. The number of nitrogens with one attached hydrogen (secondary N) is 1. The Morgan fingerprint density at radius 2 is 2.25 bits per heavy atom. The highest BCUT2D eigenvalue weighted by Crippen LogP contribution is 2.15. The fourth-order valence-electron chi connectivity index (χ4n) is 1.43. The zero-order chi connectivity index (χ0) is 11.5. The van der Waals surface area contributed by atoms with Gasteiger partial charge in [0.1, 0.15) is 5.69 Å². The number of hydrogen-bond acceptors (Lipinski definition) is 4. The molecule has 0 atom stereocenters. The van der Waals surface area contributed by atoms with E-state index in [1.54, 1.807) is 31.3 Å². The van der Waals surface area contributed by atoms with Crippen LogP contribution in [0.4, 0.5) is 0 Å². The van der Waals surface area contributed by atoms with Gasteiger partial charge in [0.25, 0.3) is 5.56 Å². The molecule has 5 nitrogen and oxygen atoms in total. The molecular formula is C11H11N3O2. The van der Waals surface area contributed by atoms with Crippen LogP contribution in [0, 0.1) is 0 Å². The normalized spacial score (nSPS) is 10.3. The minimum Gasteiger partial charge on any atom is -0.493 e. The van der Waals surface area contributed by atoms with Crippen LogP contribution in [0.15, 0.2) is 29.2 Å². The quantitative estimate of drug-likeness (QED) is 0.789. The second-order valence-corrected chi connectivity index (χ2v) is 3.29. The molecule has 82 valence electrons. The molecule has 0 saturated heterocycles. The zero-order valence-corrected chi connectivity index (χ0v) is 8.77. The highest BCUT2D eigenvalue weighted by molar-refractivity contribution is 5.49. The lowest BCUT2D eigenvalue weighted by atomic mass is 10.2. The first kappa shape index (κ1) is 10.4. The summed E-state index contributed by atoms with van der Waals surface area (Å²) in [5.41, 5.74) is 0.493. The second-order valence-electron chi connectivity index (χ2n) is 3.29. The van der Waals surface area contributed by atoms with Gasteiger partial charge in [-0.3, -0.25) is 9.78 Å². The Hall–Kier alpha value is -2.17. The van der Waals surface area contributed by atoms with E-state index in [0.717, 1.165) is 0 Å². The van der Waals surface area contributed by atoms with Crippen molar-refractivity contribution >= 4 is 0 Å². The SMILES string of the molecule is CCc1c(O)nc(-c2ccccn2)[nH]c1=O. The van der Waals surface area contributed by atoms with Crippen LogP contribution in [0.5, 0.6) is 5.88 Å². The molecule has 2 N–H and O–H groups in total. The van der Waals surface area contributed by atoms with Crippen LogP contribution in [-0.2, 0) is 6.42 Å². The van der Waals surface area contributed by atoms with E-state index in [1.807, 2.05) is 0 Å². The molecule has 0 spiro atoms. The number of nitrogens with zero attached hydrogens (tertiary/aromatic N) is 2. The van der Waals surface area contributed by atoms with Crippen molar-refractivity contribution < 1.29 is 5.11 Å². The summed E-state index contributed by atoms with van der Waals surface area (Å²) in [4.78, 5) is 22.1. The number of rotatable bonds is 2. The van der Waals surface area contributed by atoms with Crippen LogP contribution < -0.4 is 5.56 Å². The highest BCUT2D eigenvalue weighted by Gasteiger charge is 2.10. The minimum absolute atomic E-state index is 0.230. The minimum atomic E-state index is -0.323. The lowest BCUT2D eigenvalue weighted by Crippen LogP contribution is -2.14. The maximum Gasteiger partial charge on any atom is 0.258 e. The van der Waals surface area contributed by atoms with Gasteiger partial charge >= 0.3 is 0 Å². The molecule has 2 rings (SSSR count). The highest BCUT2D eigenvalue weighted by atomic mass is 16.3. The molecule has 2 aromatic heterocycles. The first-order valence-corrected chi connectivity index (χ1v) is 4.96. The van der Waals surface area contributed by atoms with Gasteiger partial charge in [-0.2, -0.15) is 4.98 Å². The Morgan fingerprint density at radius 1 is 1.44 bits per heavy atom. The number of pyridine rings is 1. The molecule has 16 heavy (non-hydrogen) atoms. The van der Waals surface area contributed by atoms with Crippen molar-refractivity contribution in [2.45, 2.75) is 13.3 Å². The molecule has 5 heteroatoms. The van der Waals surface area contributed by atoms with Gasteiger partial charge < -0.3 is 10.1 Å². The Kier molecular flexibility index (Phi) is 2.68. The van der Waals surface area contributed by atoms with Crippen molar-refractivity contribution in [3.8, 4) is 17.4 Å². The Balaban J connectivity index is 2.57. The largest absolute Gasteiger partial charge is 0.493 e. The molecule has 0 radical (unpaired) electrons. The molecule has 0 aliphatic rings. The van der Waals surface area contributed by atoms with E-state index in [4.69, 9.17) is 0 Å². The van der Waals surface area contributed by atoms with Crippen molar-refractivity contribution in [3.63, 3.8) is 0 Å². The molecule has 0 unspecified atom stereocenters.